The Morgan fingerprint density at radius 1 is 1.20 bits per heavy atom. The molecule has 0 aliphatic carbocycles. The smallest absolute Gasteiger partial charge is 0.326 e. The molecule has 0 spiro atoms. The Balaban J connectivity index is 1.60. The van der Waals surface area contributed by atoms with Crippen LogP contribution in [0.1, 0.15) is 19.3 Å². The number of aromatic nitrogens is 2. The van der Waals surface area contributed by atoms with E-state index in [1.807, 2.05) is 28.8 Å². The van der Waals surface area contributed by atoms with Crippen LogP contribution in [-0.2, 0) is 6.54 Å². The van der Waals surface area contributed by atoms with Crippen molar-refractivity contribution in [3.8, 4) is 0 Å². The predicted molar refractivity (Wildman–Crippen MR) is 80.8 cm³/mol. The summed E-state index contributed by atoms with van der Waals surface area (Å²) in [5.41, 5.74) is 7.82. The number of rotatable bonds is 4. The van der Waals surface area contributed by atoms with Gasteiger partial charge in [-0.15, -0.1) is 0 Å². The van der Waals surface area contributed by atoms with Crippen LogP contribution in [0.3, 0.4) is 0 Å². The summed E-state index contributed by atoms with van der Waals surface area (Å²) in [6.07, 6.45) is 3.18. The highest BCUT2D eigenvalue weighted by molar-refractivity contribution is 5.74. The normalized spacial score (nSPS) is 17.9. The minimum Gasteiger partial charge on any atom is -0.328 e. The number of aromatic amines is 1. The summed E-state index contributed by atoms with van der Waals surface area (Å²) < 4.78 is 1.84. The lowest BCUT2D eigenvalue weighted by molar-refractivity contribution is 0.208. The summed E-state index contributed by atoms with van der Waals surface area (Å²) in [5.74, 6) is 0. The number of likely N-dealkylation sites (tertiary alicyclic amines) is 1. The van der Waals surface area contributed by atoms with Crippen LogP contribution < -0.4 is 11.4 Å². The van der Waals surface area contributed by atoms with E-state index in [0.717, 1.165) is 56.5 Å². The monoisotopic (exact) mass is 274 g/mol. The van der Waals surface area contributed by atoms with Crippen LogP contribution in [0.2, 0.25) is 0 Å². The first kappa shape index (κ1) is 13.4. The Bertz CT molecular complexity index is 622. The summed E-state index contributed by atoms with van der Waals surface area (Å²) in [7, 11) is 0. The molecule has 2 aromatic rings. The molecule has 3 N–H and O–H groups in total. The summed E-state index contributed by atoms with van der Waals surface area (Å²) in [6, 6.07) is 8.23. The van der Waals surface area contributed by atoms with E-state index in [0.29, 0.717) is 6.04 Å². The van der Waals surface area contributed by atoms with Gasteiger partial charge < -0.3 is 15.6 Å². The second kappa shape index (κ2) is 5.81. The molecule has 0 saturated carbocycles. The summed E-state index contributed by atoms with van der Waals surface area (Å²) in [6.45, 7) is 3.98. The molecule has 0 unspecified atom stereocenters. The molecule has 1 saturated heterocycles. The average molecular weight is 274 g/mol. The van der Waals surface area contributed by atoms with E-state index in [-0.39, 0.29) is 5.69 Å². The number of H-pyrrole nitrogens is 1. The van der Waals surface area contributed by atoms with Crippen molar-refractivity contribution in [3.63, 3.8) is 0 Å². The number of imidazole rings is 1. The molecule has 20 heavy (non-hydrogen) atoms. The van der Waals surface area contributed by atoms with Gasteiger partial charge in [0.25, 0.3) is 0 Å². The Labute approximate surface area is 118 Å². The summed E-state index contributed by atoms with van der Waals surface area (Å²) >= 11 is 0. The van der Waals surface area contributed by atoms with Crippen molar-refractivity contribution in [1.82, 2.24) is 14.5 Å². The molecule has 1 aliphatic rings. The van der Waals surface area contributed by atoms with Crippen molar-refractivity contribution < 1.29 is 0 Å². The molecule has 1 aromatic carbocycles. The molecule has 0 amide bonds. The van der Waals surface area contributed by atoms with Gasteiger partial charge in [-0.2, -0.15) is 0 Å². The van der Waals surface area contributed by atoms with Gasteiger partial charge >= 0.3 is 5.69 Å². The van der Waals surface area contributed by atoms with Gasteiger partial charge in [0, 0.05) is 12.6 Å². The highest BCUT2D eigenvalue weighted by Crippen LogP contribution is 2.11. The van der Waals surface area contributed by atoms with Crippen molar-refractivity contribution in [2.75, 3.05) is 19.6 Å². The lowest BCUT2D eigenvalue weighted by Crippen LogP contribution is -2.40. The van der Waals surface area contributed by atoms with Crippen molar-refractivity contribution in [2.24, 2.45) is 5.73 Å². The van der Waals surface area contributed by atoms with E-state index in [9.17, 15) is 4.79 Å². The van der Waals surface area contributed by atoms with Crippen molar-refractivity contribution in [3.05, 3.63) is 34.7 Å². The molecule has 0 bridgehead atoms. The molecular weight excluding hydrogens is 252 g/mol. The number of piperidine rings is 1. The first-order valence-corrected chi connectivity index (χ1v) is 7.39. The summed E-state index contributed by atoms with van der Waals surface area (Å²) in [4.78, 5) is 17.3. The lowest BCUT2D eigenvalue weighted by atomic mass is 10.1. The topological polar surface area (TPSA) is 67.0 Å². The Kier molecular flexibility index (Phi) is 3.89. The molecule has 3 rings (SSSR count). The van der Waals surface area contributed by atoms with Gasteiger partial charge in [-0.25, -0.2) is 4.79 Å². The van der Waals surface area contributed by atoms with Gasteiger partial charge in [-0.05, 0) is 51.0 Å². The minimum absolute atomic E-state index is 0.00753. The SMILES string of the molecule is NC1CCN(CCCn2c(=O)[nH]c3ccccc32)CC1. The van der Waals surface area contributed by atoms with E-state index in [1.165, 1.54) is 0 Å². The van der Waals surface area contributed by atoms with Crippen LogP contribution in [-0.4, -0.2) is 40.1 Å². The number of fused-ring (bicyclic) bond motifs is 1. The number of hydrogen-bond donors (Lipinski definition) is 2. The summed E-state index contributed by atoms with van der Waals surface area (Å²) in [5, 5.41) is 0. The maximum Gasteiger partial charge on any atom is 0.326 e. The zero-order valence-electron chi connectivity index (χ0n) is 11.7. The van der Waals surface area contributed by atoms with Crippen LogP contribution in [0.5, 0.6) is 0 Å². The highest BCUT2D eigenvalue weighted by atomic mass is 16.1. The minimum atomic E-state index is -0.00753. The van der Waals surface area contributed by atoms with E-state index in [4.69, 9.17) is 5.73 Å². The zero-order chi connectivity index (χ0) is 13.9. The second-order valence-electron chi connectivity index (χ2n) is 5.63. The number of aryl methyl sites for hydroxylation is 1. The highest BCUT2D eigenvalue weighted by Gasteiger charge is 2.15. The van der Waals surface area contributed by atoms with Gasteiger partial charge in [-0.1, -0.05) is 12.1 Å². The molecule has 0 atom stereocenters. The maximum absolute atomic E-state index is 11.9. The van der Waals surface area contributed by atoms with Gasteiger partial charge in [0.1, 0.15) is 0 Å². The van der Waals surface area contributed by atoms with Crippen LogP contribution in [0.25, 0.3) is 11.0 Å². The van der Waals surface area contributed by atoms with Crippen molar-refractivity contribution in [1.29, 1.82) is 0 Å². The average Bonchev–Trinajstić information content (AvgIpc) is 2.77. The number of para-hydroxylation sites is 2. The second-order valence-corrected chi connectivity index (χ2v) is 5.63. The van der Waals surface area contributed by atoms with Gasteiger partial charge in [0.05, 0.1) is 11.0 Å². The van der Waals surface area contributed by atoms with E-state index in [2.05, 4.69) is 9.88 Å². The molecule has 0 radical (unpaired) electrons. The fourth-order valence-electron chi connectivity index (χ4n) is 2.96. The molecule has 2 heterocycles. The molecule has 5 nitrogen and oxygen atoms in total. The van der Waals surface area contributed by atoms with Crippen molar-refractivity contribution in [2.45, 2.75) is 31.8 Å². The third kappa shape index (κ3) is 2.78. The van der Waals surface area contributed by atoms with Crippen LogP contribution in [0.4, 0.5) is 0 Å². The Morgan fingerprint density at radius 3 is 2.75 bits per heavy atom. The number of nitrogens with zero attached hydrogens (tertiary/aromatic N) is 2. The van der Waals surface area contributed by atoms with E-state index >= 15 is 0 Å². The zero-order valence-corrected chi connectivity index (χ0v) is 11.7. The Hall–Kier alpha value is -1.59. The largest absolute Gasteiger partial charge is 0.328 e. The van der Waals surface area contributed by atoms with E-state index < -0.39 is 0 Å². The van der Waals surface area contributed by atoms with E-state index in [1.54, 1.807) is 0 Å². The van der Waals surface area contributed by atoms with Crippen LogP contribution in [0.15, 0.2) is 29.1 Å². The predicted octanol–water partition coefficient (Wildman–Crippen LogP) is 1.14. The molecular formula is C15H22N4O. The number of nitrogens with one attached hydrogen (secondary N) is 1. The number of hydrogen-bond acceptors (Lipinski definition) is 3. The first-order chi connectivity index (χ1) is 9.74. The van der Waals surface area contributed by atoms with Gasteiger partial charge in [0.15, 0.2) is 0 Å². The fourth-order valence-corrected chi connectivity index (χ4v) is 2.96. The fraction of sp³-hybridized carbons (Fsp3) is 0.533. The molecule has 5 heteroatoms. The molecule has 108 valence electrons. The number of benzene rings is 1. The van der Waals surface area contributed by atoms with Crippen molar-refractivity contribution >= 4 is 11.0 Å². The first-order valence-electron chi connectivity index (χ1n) is 7.39. The van der Waals surface area contributed by atoms with Crippen LogP contribution >= 0.6 is 0 Å². The Morgan fingerprint density at radius 2 is 1.95 bits per heavy atom. The van der Waals surface area contributed by atoms with Gasteiger partial charge in [0.2, 0.25) is 0 Å². The molecule has 1 fully saturated rings. The van der Waals surface area contributed by atoms with Gasteiger partial charge in [-0.3, -0.25) is 4.57 Å². The lowest BCUT2D eigenvalue weighted by Gasteiger charge is -2.29. The number of nitrogens with two attached hydrogens (primary N) is 1. The standard InChI is InChI=1S/C15H22N4O/c16-12-6-10-18(11-7-12)8-3-9-19-14-5-2-1-4-13(14)17-15(19)20/h1-2,4-5,12H,3,6-11,16H2,(H,17,20). The quantitative estimate of drug-likeness (QED) is 0.878. The molecule has 1 aromatic heterocycles. The van der Waals surface area contributed by atoms with Crippen LogP contribution in [0, 0.1) is 0 Å². The third-order valence-electron chi connectivity index (χ3n) is 4.17. The third-order valence-corrected chi connectivity index (χ3v) is 4.17. The maximum atomic E-state index is 11.9. The molecule has 1 aliphatic heterocycles.